The van der Waals surface area contributed by atoms with Gasteiger partial charge in [0.2, 0.25) is 0 Å². The van der Waals surface area contributed by atoms with Crippen molar-refractivity contribution in [1.82, 2.24) is 10.2 Å². The van der Waals surface area contributed by atoms with E-state index in [1.807, 2.05) is 0 Å². The van der Waals surface area contributed by atoms with Crippen molar-refractivity contribution >= 4 is 0 Å². The van der Waals surface area contributed by atoms with Crippen LogP contribution in [0.4, 0.5) is 0 Å². The Hall–Kier alpha value is -0.900. The van der Waals surface area contributed by atoms with Crippen LogP contribution in [-0.4, -0.2) is 42.3 Å². The van der Waals surface area contributed by atoms with Crippen LogP contribution in [0.25, 0.3) is 0 Å². The maximum Gasteiger partial charge on any atom is 0.0586 e. The van der Waals surface area contributed by atoms with Crippen molar-refractivity contribution in [2.45, 2.75) is 45.2 Å². The van der Waals surface area contributed by atoms with Crippen LogP contribution in [0, 0.1) is 5.92 Å². The van der Waals surface area contributed by atoms with Gasteiger partial charge in [0, 0.05) is 18.6 Å². The van der Waals surface area contributed by atoms with E-state index in [4.69, 9.17) is 0 Å². The minimum atomic E-state index is 0.297. The SMILES string of the molecule is CCCNC(c1ccccc1)C(C)CN1CCCC1CO. The second kappa shape index (κ2) is 8.52. The van der Waals surface area contributed by atoms with Gasteiger partial charge >= 0.3 is 0 Å². The van der Waals surface area contributed by atoms with Gasteiger partial charge in [-0.25, -0.2) is 0 Å². The van der Waals surface area contributed by atoms with Gasteiger partial charge < -0.3 is 10.4 Å². The molecule has 21 heavy (non-hydrogen) atoms. The van der Waals surface area contributed by atoms with Crippen LogP contribution < -0.4 is 5.32 Å². The second-order valence-corrected chi connectivity index (χ2v) is 6.29. The number of hydrogen-bond acceptors (Lipinski definition) is 3. The molecule has 1 aliphatic heterocycles. The van der Waals surface area contributed by atoms with Crippen LogP contribution in [0.15, 0.2) is 30.3 Å². The van der Waals surface area contributed by atoms with Gasteiger partial charge in [-0.3, -0.25) is 4.90 Å². The van der Waals surface area contributed by atoms with Gasteiger partial charge in [-0.2, -0.15) is 0 Å². The Labute approximate surface area is 129 Å². The molecule has 118 valence electrons. The third kappa shape index (κ3) is 4.53. The molecule has 1 aliphatic rings. The minimum absolute atomic E-state index is 0.297. The first-order valence-electron chi connectivity index (χ1n) is 8.39. The van der Waals surface area contributed by atoms with Gasteiger partial charge in [-0.1, -0.05) is 44.2 Å². The molecule has 1 fully saturated rings. The fraction of sp³-hybridized carbons (Fsp3) is 0.667. The first-order valence-corrected chi connectivity index (χ1v) is 8.39. The molecule has 3 atom stereocenters. The zero-order valence-electron chi connectivity index (χ0n) is 13.5. The lowest BCUT2D eigenvalue weighted by Crippen LogP contribution is -2.39. The number of nitrogens with one attached hydrogen (secondary N) is 1. The normalized spacial score (nSPS) is 22.3. The maximum atomic E-state index is 9.49. The largest absolute Gasteiger partial charge is 0.395 e. The fourth-order valence-electron chi connectivity index (χ4n) is 3.43. The predicted octanol–water partition coefficient (Wildman–Crippen LogP) is 2.82. The Morgan fingerprint density at radius 1 is 1.33 bits per heavy atom. The summed E-state index contributed by atoms with van der Waals surface area (Å²) in [7, 11) is 0. The number of aliphatic hydroxyl groups excluding tert-OH is 1. The number of aliphatic hydroxyl groups is 1. The highest BCUT2D eigenvalue weighted by Crippen LogP contribution is 2.26. The third-order valence-electron chi connectivity index (χ3n) is 4.57. The monoisotopic (exact) mass is 290 g/mol. The number of likely N-dealkylation sites (tertiary alicyclic amines) is 1. The van der Waals surface area contributed by atoms with Gasteiger partial charge in [0.05, 0.1) is 6.61 Å². The first-order chi connectivity index (χ1) is 10.3. The summed E-state index contributed by atoms with van der Waals surface area (Å²) >= 11 is 0. The molecule has 0 spiro atoms. The van der Waals surface area contributed by atoms with Crippen LogP contribution in [0.1, 0.15) is 44.7 Å². The molecule has 3 nitrogen and oxygen atoms in total. The molecular formula is C18H30N2O. The zero-order chi connectivity index (χ0) is 15.1. The van der Waals surface area contributed by atoms with Crippen molar-refractivity contribution in [2.75, 3.05) is 26.2 Å². The van der Waals surface area contributed by atoms with Gasteiger partial charge in [0.15, 0.2) is 0 Å². The summed E-state index contributed by atoms with van der Waals surface area (Å²) in [5.74, 6) is 0.533. The standard InChI is InChI=1S/C18H30N2O/c1-3-11-19-18(16-8-5-4-6-9-16)15(2)13-20-12-7-10-17(20)14-21/h4-6,8-9,15,17-19,21H,3,7,10-14H2,1-2H3. The van der Waals surface area contributed by atoms with Crippen molar-refractivity contribution in [1.29, 1.82) is 0 Å². The van der Waals surface area contributed by atoms with E-state index in [0.29, 0.717) is 24.6 Å². The molecule has 0 saturated carbocycles. The first kappa shape index (κ1) is 16.5. The fourth-order valence-corrected chi connectivity index (χ4v) is 3.43. The Balaban J connectivity index is 2.02. The third-order valence-corrected chi connectivity index (χ3v) is 4.57. The van der Waals surface area contributed by atoms with E-state index in [0.717, 1.165) is 32.5 Å². The topological polar surface area (TPSA) is 35.5 Å². The summed E-state index contributed by atoms with van der Waals surface area (Å²) in [6.07, 6.45) is 3.51. The van der Waals surface area contributed by atoms with Crippen LogP contribution in [-0.2, 0) is 0 Å². The Kier molecular flexibility index (Phi) is 6.68. The van der Waals surface area contributed by atoms with Crippen LogP contribution in [0.2, 0.25) is 0 Å². The van der Waals surface area contributed by atoms with Crippen molar-refractivity contribution in [2.24, 2.45) is 5.92 Å². The van der Waals surface area contributed by atoms with Gasteiger partial charge in [0.1, 0.15) is 0 Å². The van der Waals surface area contributed by atoms with Crippen molar-refractivity contribution < 1.29 is 5.11 Å². The number of hydrogen-bond donors (Lipinski definition) is 2. The summed E-state index contributed by atoms with van der Waals surface area (Å²) in [5, 5.41) is 13.2. The van der Waals surface area contributed by atoms with Crippen LogP contribution in [0.3, 0.4) is 0 Å². The molecule has 1 saturated heterocycles. The average Bonchev–Trinajstić information content (AvgIpc) is 2.96. The summed E-state index contributed by atoms with van der Waals surface area (Å²) in [4.78, 5) is 2.47. The van der Waals surface area contributed by atoms with E-state index in [-0.39, 0.29) is 0 Å². The van der Waals surface area contributed by atoms with Crippen molar-refractivity contribution in [3.63, 3.8) is 0 Å². The summed E-state index contributed by atoms with van der Waals surface area (Å²) < 4.78 is 0. The summed E-state index contributed by atoms with van der Waals surface area (Å²) in [5.41, 5.74) is 1.37. The molecule has 0 radical (unpaired) electrons. The molecule has 1 aromatic carbocycles. The molecule has 0 amide bonds. The minimum Gasteiger partial charge on any atom is -0.395 e. The molecule has 0 aromatic heterocycles. The lowest BCUT2D eigenvalue weighted by molar-refractivity contribution is 0.135. The number of nitrogens with zero attached hydrogens (tertiary/aromatic N) is 1. The lowest BCUT2D eigenvalue weighted by atomic mass is 9.93. The van der Waals surface area contributed by atoms with E-state index < -0.39 is 0 Å². The number of rotatable bonds is 8. The number of benzene rings is 1. The molecule has 2 rings (SSSR count). The zero-order valence-corrected chi connectivity index (χ0v) is 13.5. The second-order valence-electron chi connectivity index (χ2n) is 6.29. The van der Waals surface area contributed by atoms with Gasteiger partial charge in [0.25, 0.3) is 0 Å². The molecule has 3 unspecified atom stereocenters. The Bertz CT molecular complexity index is 395. The lowest BCUT2D eigenvalue weighted by Gasteiger charge is -2.31. The van der Waals surface area contributed by atoms with E-state index >= 15 is 0 Å². The molecular weight excluding hydrogens is 260 g/mol. The van der Waals surface area contributed by atoms with E-state index in [1.54, 1.807) is 0 Å². The molecule has 2 N–H and O–H groups in total. The molecule has 1 heterocycles. The predicted molar refractivity (Wildman–Crippen MR) is 88.3 cm³/mol. The van der Waals surface area contributed by atoms with E-state index in [9.17, 15) is 5.11 Å². The maximum absolute atomic E-state index is 9.49. The highest BCUT2D eigenvalue weighted by atomic mass is 16.3. The van der Waals surface area contributed by atoms with Crippen LogP contribution in [0.5, 0.6) is 0 Å². The molecule has 1 aromatic rings. The van der Waals surface area contributed by atoms with Crippen LogP contribution >= 0.6 is 0 Å². The highest BCUT2D eigenvalue weighted by Gasteiger charge is 2.28. The van der Waals surface area contributed by atoms with Crippen molar-refractivity contribution in [3.8, 4) is 0 Å². The summed E-state index contributed by atoms with van der Waals surface area (Å²) in [6, 6.07) is 11.5. The molecule has 0 aliphatic carbocycles. The van der Waals surface area contributed by atoms with Gasteiger partial charge in [-0.05, 0) is 43.8 Å². The Morgan fingerprint density at radius 2 is 2.10 bits per heavy atom. The van der Waals surface area contributed by atoms with Crippen molar-refractivity contribution in [3.05, 3.63) is 35.9 Å². The van der Waals surface area contributed by atoms with Gasteiger partial charge in [-0.15, -0.1) is 0 Å². The highest BCUT2D eigenvalue weighted by molar-refractivity contribution is 5.19. The molecule has 0 bridgehead atoms. The Morgan fingerprint density at radius 3 is 2.76 bits per heavy atom. The van der Waals surface area contributed by atoms with E-state index in [1.165, 1.54) is 12.0 Å². The quantitative estimate of drug-likeness (QED) is 0.773. The smallest absolute Gasteiger partial charge is 0.0586 e. The average molecular weight is 290 g/mol. The van der Waals surface area contributed by atoms with E-state index in [2.05, 4.69) is 54.4 Å². The summed E-state index contributed by atoms with van der Waals surface area (Å²) in [6.45, 7) is 8.07. The molecule has 3 heteroatoms.